The minimum Gasteiger partial charge on any atom is -0.482 e. The zero-order valence-corrected chi connectivity index (χ0v) is 9.40. The Bertz CT molecular complexity index is 304. The molecule has 0 N–H and O–H groups in total. The summed E-state index contributed by atoms with van der Waals surface area (Å²) in [6.45, 7) is 5.02. The Morgan fingerprint density at radius 2 is 2.07 bits per heavy atom. The fraction of sp³-hybridized carbons (Fsp3) is 0.538. The molecule has 0 aromatic heterocycles. The largest absolute Gasteiger partial charge is 0.482 e. The summed E-state index contributed by atoms with van der Waals surface area (Å²) in [7, 11) is 0. The highest BCUT2D eigenvalue weighted by Crippen LogP contribution is 2.35. The molecule has 1 saturated heterocycles. The monoisotopic (exact) mass is 206 g/mol. The molecule has 2 heteroatoms. The molecule has 2 rings (SSSR count). The Balaban J connectivity index is 2.09. The molecule has 15 heavy (non-hydrogen) atoms. The van der Waals surface area contributed by atoms with Gasteiger partial charge in [0.1, 0.15) is 5.75 Å². The average Bonchev–Trinajstić information content (AvgIpc) is 2.26. The van der Waals surface area contributed by atoms with Crippen LogP contribution in [0.1, 0.15) is 26.7 Å². The Kier molecular flexibility index (Phi) is 2.96. The Morgan fingerprint density at radius 3 is 2.53 bits per heavy atom. The molecule has 1 aromatic rings. The standard InChI is InChI=1S/C13H18O2/c1-3-12-13(4-2,10-14-12)15-11-8-6-5-7-9-11/h5-9,12H,3-4,10H2,1-2H3. The summed E-state index contributed by atoms with van der Waals surface area (Å²) >= 11 is 0. The first-order valence-corrected chi connectivity index (χ1v) is 5.66. The van der Waals surface area contributed by atoms with Gasteiger partial charge in [0.2, 0.25) is 0 Å². The number of benzene rings is 1. The molecule has 1 aliphatic rings. The predicted molar refractivity (Wildman–Crippen MR) is 60.1 cm³/mol. The fourth-order valence-corrected chi connectivity index (χ4v) is 2.10. The van der Waals surface area contributed by atoms with E-state index >= 15 is 0 Å². The molecule has 0 bridgehead atoms. The maximum absolute atomic E-state index is 6.07. The highest BCUT2D eigenvalue weighted by Gasteiger charge is 2.48. The number of para-hydroxylation sites is 1. The van der Waals surface area contributed by atoms with Crippen LogP contribution in [0.15, 0.2) is 30.3 Å². The zero-order valence-electron chi connectivity index (χ0n) is 9.40. The molecule has 0 radical (unpaired) electrons. The minimum atomic E-state index is -0.0872. The van der Waals surface area contributed by atoms with Crippen LogP contribution in [0.2, 0.25) is 0 Å². The second kappa shape index (κ2) is 4.23. The van der Waals surface area contributed by atoms with Gasteiger partial charge in [-0.05, 0) is 25.0 Å². The third kappa shape index (κ3) is 1.86. The first-order valence-electron chi connectivity index (χ1n) is 5.66. The quantitative estimate of drug-likeness (QED) is 0.754. The maximum Gasteiger partial charge on any atom is 0.158 e. The van der Waals surface area contributed by atoms with Gasteiger partial charge in [0.25, 0.3) is 0 Å². The first kappa shape index (κ1) is 10.5. The Morgan fingerprint density at radius 1 is 1.33 bits per heavy atom. The van der Waals surface area contributed by atoms with Crippen LogP contribution in [0.4, 0.5) is 0 Å². The third-order valence-corrected chi connectivity index (χ3v) is 3.15. The van der Waals surface area contributed by atoms with E-state index in [2.05, 4.69) is 13.8 Å². The minimum absolute atomic E-state index is 0.0872. The van der Waals surface area contributed by atoms with Gasteiger partial charge < -0.3 is 9.47 Å². The van der Waals surface area contributed by atoms with Gasteiger partial charge in [-0.2, -0.15) is 0 Å². The van der Waals surface area contributed by atoms with Crippen molar-refractivity contribution in [1.29, 1.82) is 0 Å². The molecule has 0 saturated carbocycles. The van der Waals surface area contributed by atoms with Gasteiger partial charge in [0.15, 0.2) is 5.60 Å². The molecule has 1 aliphatic heterocycles. The van der Waals surface area contributed by atoms with Crippen LogP contribution in [0.3, 0.4) is 0 Å². The van der Waals surface area contributed by atoms with Crippen molar-refractivity contribution in [3.05, 3.63) is 30.3 Å². The molecule has 2 nitrogen and oxygen atoms in total. The fourth-order valence-electron chi connectivity index (χ4n) is 2.10. The highest BCUT2D eigenvalue weighted by atomic mass is 16.6. The van der Waals surface area contributed by atoms with Crippen molar-refractivity contribution in [3.8, 4) is 5.75 Å². The molecule has 1 aromatic carbocycles. The van der Waals surface area contributed by atoms with Crippen molar-refractivity contribution in [2.75, 3.05) is 6.61 Å². The molecule has 1 heterocycles. The van der Waals surface area contributed by atoms with Gasteiger partial charge in [-0.25, -0.2) is 0 Å². The average molecular weight is 206 g/mol. The lowest BCUT2D eigenvalue weighted by Crippen LogP contribution is -2.61. The lowest BCUT2D eigenvalue weighted by molar-refractivity contribution is -0.224. The van der Waals surface area contributed by atoms with E-state index in [0.29, 0.717) is 0 Å². The predicted octanol–water partition coefficient (Wildman–Crippen LogP) is 3.02. The van der Waals surface area contributed by atoms with Crippen molar-refractivity contribution in [2.24, 2.45) is 0 Å². The molecule has 82 valence electrons. The molecule has 2 unspecified atom stereocenters. The second-order valence-electron chi connectivity index (χ2n) is 4.04. The van der Waals surface area contributed by atoms with E-state index in [9.17, 15) is 0 Å². The van der Waals surface area contributed by atoms with Crippen molar-refractivity contribution < 1.29 is 9.47 Å². The summed E-state index contributed by atoms with van der Waals surface area (Å²) < 4.78 is 11.6. The number of rotatable bonds is 4. The van der Waals surface area contributed by atoms with Crippen molar-refractivity contribution in [1.82, 2.24) is 0 Å². The van der Waals surface area contributed by atoms with Crippen LogP contribution in [0.5, 0.6) is 5.75 Å². The van der Waals surface area contributed by atoms with Crippen molar-refractivity contribution in [3.63, 3.8) is 0 Å². The van der Waals surface area contributed by atoms with Crippen LogP contribution >= 0.6 is 0 Å². The Labute approximate surface area is 91.2 Å². The van der Waals surface area contributed by atoms with E-state index in [1.54, 1.807) is 0 Å². The third-order valence-electron chi connectivity index (χ3n) is 3.15. The summed E-state index contributed by atoms with van der Waals surface area (Å²) in [6.07, 6.45) is 2.27. The maximum atomic E-state index is 6.07. The van der Waals surface area contributed by atoms with E-state index in [4.69, 9.17) is 9.47 Å². The molecule has 0 aliphatic carbocycles. The van der Waals surface area contributed by atoms with E-state index in [-0.39, 0.29) is 11.7 Å². The number of hydrogen-bond acceptors (Lipinski definition) is 2. The van der Waals surface area contributed by atoms with Crippen LogP contribution in [-0.2, 0) is 4.74 Å². The molecule has 0 amide bonds. The van der Waals surface area contributed by atoms with Crippen LogP contribution in [0.25, 0.3) is 0 Å². The topological polar surface area (TPSA) is 18.5 Å². The van der Waals surface area contributed by atoms with Crippen LogP contribution in [0, 0.1) is 0 Å². The summed E-state index contributed by atoms with van der Waals surface area (Å²) in [5.41, 5.74) is -0.0872. The van der Waals surface area contributed by atoms with Gasteiger partial charge in [0, 0.05) is 0 Å². The molecular weight excluding hydrogens is 188 g/mol. The lowest BCUT2D eigenvalue weighted by Gasteiger charge is -2.48. The molecule has 0 spiro atoms. The molecule has 2 atom stereocenters. The number of hydrogen-bond donors (Lipinski definition) is 0. The molecular formula is C13H18O2. The summed E-state index contributed by atoms with van der Waals surface area (Å²) in [5, 5.41) is 0. The second-order valence-corrected chi connectivity index (χ2v) is 4.04. The number of ether oxygens (including phenoxy) is 2. The highest BCUT2D eigenvalue weighted by molar-refractivity contribution is 5.23. The van der Waals surface area contributed by atoms with Gasteiger partial charge >= 0.3 is 0 Å². The molecule has 1 fully saturated rings. The van der Waals surface area contributed by atoms with Crippen molar-refractivity contribution >= 4 is 0 Å². The van der Waals surface area contributed by atoms with Gasteiger partial charge in [0.05, 0.1) is 12.7 Å². The summed E-state index contributed by atoms with van der Waals surface area (Å²) in [6, 6.07) is 10.0. The zero-order chi connectivity index (χ0) is 10.7. The van der Waals surface area contributed by atoms with Crippen molar-refractivity contribution in [2.45, 2.75) is 38.4 Å². The summed E-state index contributed by atoms with van der Waals surface area (Å²) in [5.74, 6) is 0.945. The Hall–Kier alpha value is -1.02. The smallest absolute Gasteiger partial charge is 0.158 e. The SMILES string of the molecule is CCC1OCC1(CC)Oc1ccccc1. The summed E-state index contributed by atoms with van der Waals surface area (Å²) in [4.78, 5) is 0. The lowest BCUT2D eigenvalue weighted by atomic mass is 9.87. The van der Waals surface area contributed by atoms with Gasteiger partial charge in [-0.1, -0.05) is 32.0 Å². The van der Waals surface area contributed by atoms with Crippen LogP contribution < -0.4 is 4.74 Å². The van der Waals surface area contributed by atoms with Gasteiger partial charge in [-0.15, -0.1) is 0 Å². The van der Waals surface area contributed by atoms with Crippen LogP contribution in [-0.4, -0.2) is 18.3 Å². The van der Waals surface area contributed by atoms with E-state index in [0.717, 1.165) is 25.2 Å². The first-order chi connectivity index (χ1) is 7.30. The van der Waals surface area contributed by atoms with Gasteiger partial charge in [-0.3, -0.25) is 0 Å². The van der Waals surface area contributed by atoms with E-state index < -0.39 is 0 Å². The van der Waals surface area contributed by atoms with E-state index in [1.165, 1.54) is 0 Å². The normalized spacial score (nSPS) is 29.6. The van der Waals surface area contributed by atoms with E-state index in [1.807, 2.05) is 30.3 Å².